The number of carbonyl (C=O) groups is 4. The lowest BCUT2D eigenvalue weighted by Crippen LogP contribution is -2.54. The third-order valence-electron chi connectivity index (χ3n) is 5.88. The molecule has 3 aromatic carbocycles. The van der Waals surface area contributed by atoms with Gasteiger partial charge in [-0.15, -0.1) is 0 Å². The third-order valence-corrected chi connectivity index (χ3v) is 6.57. The van der Waals surface area contributed by atoms with Gasteiger partial charge in [0, 0.05) is 10.7 Å². The summed E-state index contributed by atoms with van der Waals surface area (Å²) in [5.74, 6) is -1.22. The molecule has 12 heteroatoms. The standard InChI is InChI=1S/C29H25Cl2N3O7/c1-4-40-24-13-17(12-23(31)26(24)41-15-25(35)32-18-6-9-20(39-3)10-7-18)11-21-27(36)33-29(38)34(28(21)37)19-8-5-16(2)22(30)14-19/h5-14H,4,15H2,1-3H3,(H,32,35)(H,33,36,38)/b21-11+. The van der Waals surface area contributed by atoms with Crippen molar-refractivity contribution < 1.29 is 33.4 Å². The molecule has 0 saturated carbocycles. The van der Waals surface area contributed by atoms with Crippen LogP contribution in [-0.2, 0) is 14.4 Å². The van der Waals surface area contributed by atoms with Crippen LogP contribution in [0.2, 0.25) is 10.0 Å². The molecule has 4 rings (SSSR count). The maximum Gasteiger partial charge on any atom is 0.335 e. The number of nitrogens with zero attached hydrogens (tertiary/aromatic N) is 1. The Hall–Kier alpha value is -4.54. The first kappa shape index (κ1) is 29.4. The molecule has 1 aliphatic heterocycles. The fourth-order valence-electron chi connectivity index (χ4n) is 3.86. The van der Waals surface area contributed by atoms with Crippen molar-refractivity contribution in [1.29, 1.82) is 0 Å². The Balaban J connectivity index is 1.57. The maximum absolute atomic E-state index is 13.3. The van der Waals surface area contributed by atoms with Gasteiger partial charge in [0.2, 0.25) is 0 Å². The Labute approximate surface area is 245 Å². The number of rotatable bonds is 9. The first-order valence-corrected chi connectivity index (χ1v) is 13.1. The highest BCUT2D eigenvalue weighted by Gasteiger charge is 2.37. The van der Waals surface area contributed by atoms with E-state index in [1.54, 1.807) is 57.4 Å². The number of imide groups is 2. The predicted octanol–water partition coefficient (Wildman–Crippen LogP) is 5.39. The number of aryl methyl sites for hydroxylation is 1. The molecule has 0 bridgehead atoms. The molecule has 0 aliphatic carbocycles. The van der Waals surface area contributed by atoms with Crippen LogP contribution in [-0.4, -0.2) is 44.1 Å². The quantitative estimate of drug-likeness (QED) is 0.250. The van der Waals surface area contributed by atoms with Crippen molar-refractivity contribution in [2.75, 3.05) is 30.5 Å². The number of urea groups is 1. The van der Waals surface area contributed by atoms with Crippen LogP contribution in [0.4, 0.5) is 16.2 Å². The van der Waals surface area contributed by atoms with Crippen molar-refractivity contribution in [1.82, 2.24) is 5.32 Å². The Morgan fingerprint density at radius 1 is 1.00 bits per heavy atom. The number of ether oxygens (including phenoxy) is 3. The third kappa shape index (κ3) is 6.79. The van der Waals surface area contributed by atoms with Crippen LogP contribution in [0.3, 0.4) is 0 Å². The molecule has 0 atom stereocenters. The second kappa shape index (κ2) is 12.8. The monoisotopic (exact) mass is 597 g/mol. The minimum absolute atomic E-state index is 0.0713. The van der Waals surface area contributed by atoms with Gasteiger partial charge in [0.15, 0.2) is 18.1 Å². The summed E-state index contributed by atoms with van der Waals surface area (Å²) in [6.07, 6.45) is 1.28. The van der Waals surface area contributed by atoms with Gasteiger partial charge in [-0.3, -0.25) is 19.7 Å². The van der Waals surface area contributed by atoms with Crippen molar-refractivity contribution >= 4 is 64.4 Å². The highest BCUT2D eigenvalue weighted by molar-refractivity contribution is 6.39. The summed E-state index contributed by atoms with van der Waals surface area (Å²) < 4.78 is 16.4. The molecule has 1 aliphatic rings. The summed E-state index contributed by atoms with van der Waals surface area (Å²) in [4.78, 5) is 51.7. The van der Waals surface area contributed by atoms with E-state index < -0.39 is 23.8 Å². The molecule has 0 unspecified atom stereocenters. The summed E-state index contributed by atoms with van der Waals surface area (Å²) in [6, 6.07) is 13.5. The van der Waals surface area contributed by atoms with Gasteiger partial charge >= 0.3 is 6.03 Å². The maximum atomic E-state index is 13.3. The van der Waals surface area contributed by atoms with Gasteiger partial charge in [-0.2, -0.15) is 0 Å². The number of anilines is 2. The van der Waals surface area contributed by atoms with E-state index in [1.165, 1.54) is 24.3 Å². The van der Waals surface area contributed by atoms with Gasteiger partial charge < -0.3 is 19.5 Å². The van der Waals surface area contributed by atoms with Gasteiger partial charge in [0.1, 0.15) is 11.3 Å². The highest BCUT2D eigenvalue weighted by atomic mass is 35.5. The lowest BCUT2D eigenvalue weighted by atomic mass is 10.1. The van der Waals surface area contributed by atoms with Crippen molar-refractivity contribution in [3.63, 3.8) is 0 Å². The molecule has 0 aromatic heterocycles. The van der Waals surface area contributed by atoms with Crippen LogP contribution in [0.1, 0.15) is 18.1 Å². The smallest absolute Gasteiger partial charge is 0.335 e. The molecule has 1 fully saturated rings. The molecule has 212 valence electrons. The molecular formula is C29H25Cl2N3O7. The number of nitrogens with one attached hydrogen (secondary N) is 2. The molecule has 5 amide bonds. The zero-order valence-corrected chi connectivity index (χ0v) is 23.8. The van der Waals surface area contributed by atoms with Gasteiger partial charge in [0.05, 0.1) is 24.4 Å². The summed E-state index contributed by atoms with van der Waals surface area (Å²) in [5, 5.41) is 5.29. The predicted molar refractivity (Wildman–Crippen MR) is 155 cm³/mol. The largest absolute Gasteiger partial charge is 0.497 e. The van der Waals surface area contributed by atoms with E-state index in [0.717, 1.165) is 10.5 Å². The number of halogens is 2. The van der Waals surface area contributed by atoms with Crippen molar-refractivity contribution in [3.8, 4) is 17.2 Å². The lowest BCUT2D eigenvalue weighted by Gasteiger charge is -2.26. The van der Waals surface area contributed by atoms with E-state index in [4.69, 9.17) is 37.4 Å². The summed E-state index contributed by atoms with van der Waals surface area (Å²) in [7, 11) is 1.54. The van der Waals surface area contributed by atoms with Gasteiger partial charge in [-0.1, -0.05) is 29.3 Å². The highest BCUT2D eigenvalue weighted by Crippen LogP contribution is 2.38. The number of benzene rings is 3. The van der Waals surface area contributed by atoms with Crippen LogP contribution < -0.4 is 29.7 Å². The van der Waals surface area contributed by atoms with Gasteiger partial charge in [-0.25, -0.2) is 9.69 Å². The molecule has 2 N–H and O–H groups in total. The van der Waals surface area contributed by atoms with E-state index in [2.05, 4.69) is 10.6 Å². The average Bonchev–Trinajstić information content (AvgIpc) is 2.93. The van der Waals surface area contributed by atoms with E-state index in [1.807, 2.05) is 0 Å². The Morgan fingerprint density at radius 3 is 2.39 bits per heavy atom. The number of barbiturate groups is 1. The zero-order valence-electron chi connectivity index (χ0n) is 22.2. The van der Waals surface area contributed by atoms with Crippen molar-refractivity contribution in [2.45, 2.75) is 13.8 Å². The zero-order chi connectivity index (χ0) is 29.7. The second-order valence-electron chi connectivity index (χ2n) is 8.72. The topological polar surface area (TPSA) is 123 Å². The van der Waals surface area contributed by atoms with Gasteiger partial charge in [0.25, 0.3) is 17.7 Å². The fraction of sp³-hybridized carbons (Fsp3) is 0.172. The minimum Gasteiger partial charge on any atom is -0.497 e. The van der Waals surface area contributed by atoms with E-state index in [-0.39, 0.29) is 41.0 Å². The minimum atomic E-state index is -0.901. The number of hydrogen-bond acceptors (Lipinski definition) is 7. The SMILES string of the molecule is CCOc1cc(/C=C2\C(=O)NC(=O)N(c3ccc(C)c(Cl)c3)C2=O)cc(Cl)c1OCC(=O)Nc1ccc(OC)cc1. The van der Waals surface area contributed by atoms with Crippen LogP contribution in [0.15, 0.2) is 60.2 Å². The summed E-state index contributed by atoms with van der Waals surface area (Å²) >= 11 is 12.7. The molecule has 0 radical (unpaired) electrons. The van der Waals surface area contributed by atoms with Crippen LogP contribution in [0.25, 0.3) is 6.08 Å². The van der Waals surface area contributed by atoms with Crippen LogP contribution in [0.5, 0.6) is 17.2 Å². The second-order valence-corrected chi connectivity index (χ2v) is 9.53. The number of carbonyl (C=O) groups excluding carboxylic acids is 4. The molecular weight excluding hydrogens is 573 g/mol. The average molecular weight is 598 g/mol. The van der Waals surface area contributed by atoms with Crippen molar-refractivity contribution in [3.05, 3.63) is 81.3 Å². The van der Waals surface area contributed by atoms with Crippen molar-refractivity contribution in [2.24, 2.45) is 0 Å². The fourth-order valence-corrected chi connectivity index (χ4v) is 4.31. The first-order chi connectivity index (χ1) is 19.6. The molecule has 41 heavy (non-hydrogen) atoms. The molecule has 1 saturated heterocycles. The van der Waals surface area contributed by atoms with Gasteiger partial charge in [-0.05, 0) is 79.6 Å². The molecule has 1 heterocycles. The summed E-state index contributed by atoms with van der Waals surface area (Å²) in [6.45, 7) is 3.39. The number of amides is 5. The first-order valence-electron chi connectivity index (χ1n) is 12.3. The summed E-state index contributed by atoms with van der Waals surface area (Å²) in [5.41, 5.74) is 1.51. The number of hydrogen-bond donors (Lipinski definition) is 2. The molecule has 10 nitrogen and oxygen atoms in total. The Morgan fingerprint density at radius 2 is 1.73 bits per heavy atom. The Kier molecular flexibility index (Phi) is 9.16. The molecule has 3 aromatic rings. The van der Waals surface area contributed by atoms with Crippen LogP contribution >= 0.6 is 23.2 Å². The van der Waals surface area contributed by atoms with E-state index in [9.17, 15) is 19.2 Å². The lowest BCUT2D eigenvalue weighted by molar-refractivity contribution is -0.122. The Bertz CT molecular complexity index is 1550. The number of methoxy groups -OCH3 is 1. The molecule has 0 spiro atoms. The normalized spacial score (nSPS) is 14.1. The van der Waals surface area contributed by atoms with Crippen LogP contribution in [0, 0.1) is 6.92 Å². The van der Waals surface area contributed by atoms with E-state index >= 15 is 0 Å². The van der Waals surface area contributed by atoms with E-state index in [0.29, 0.717) is 22.0 Å².